The maximum Gasteiger partial charge on any atom is 0.398 e. The third-order valence-electron chi connectivity index (χ3n) is 1.99. The van der Waals surface area contributed by atoms with Crippen molar-refractivity contribution >= 4 is 11.8 Å². The normalized spacial score (nSPS) is 20.3. The molecule has 0 N–H and O–H groups in total. The van der Waals surface area contributed by atoms with Crippen LogP contribution in [0.1, 0.15) is 11.7 Å². The molecule has 1 aliphatic heterocycles. The van der Waals surface area contributed by atoms with Crippen LogP contribution in [-0.4, -0.2) is 18.5 Å². The van der Waals surface area contributed by atoms with E-state index in [0.29, 0.717) is 4.90 Å². The molecular formula is C10H9F3OS. The molecule has 0 radical (unpaired) electrons. The van der Waals surface area contributed by atoms with Crippen molar-refractivity contribution in [3.63, 3.8) is 0 Å². The van der Waals surface area contributed by atoms with Gasteiger partial charge in [0.25, 0.3) is 0 Å². The predicted octanol–water partition coefficient (Wildman–Crippen LogP) is 3.41. The molecular weight excluding hydrogens is 225 g/mol. The summed E-state index contributed by atoms with van der Waals surface area (Å²) >= 11 is 0.802. The third-order valence-corrected chi connectivity index (χ3v) is 3.06. The molecule has 0 saturated carbocycles. The van der Waals surface area contributed by atoms with Gasteiger partial charge in [-0.15, -0.1) is 11.8 Å². The van der Waals surface area contributed by atoms with Crippen LogP contribution in [0.15, 0.2) is 29.2 Å². The van der Waals surface area contributed by atoms with Crippen molar-refractivity contribution in [3.05, 3.63) is 29.8 Å². The highest BCUT2D eigenvalue weighted by atomic mass is 32.2. The molecule has 0 aliphatic carbocycles. The Morgan fingerprint density at radius 3 is 2.33 bits per heavy atom. The maximum atomic E-state index is 11.9. The summed E-state index contributed by atoms with van der Waals surface area (Å²) in [7, 11) is 0. The number of hydrogen-bond acceptors (Lipinski definition) is 2. The Labute approximate surface area is 89.6 Å². The first-order valence-corrected chi connectivity index (χ1v) is 5.44. The van der Waals surface area contributed by atoms with Gasteiger partial charge in [-0.25, -0.2) is 0 Å². The van der Waals surface area contributed by atoms with Crippen LogP contribution in [0, 0.1) is 0 Å². The van der Waals surface area contributed by atoms with E-state index in [1.807, 2.05) is 12.1 Å². The van der Waals surface area contributed by atoms with Gasteiger partial charge in [0.1, 0.15) is 6.10 Å². The number of rotatable bonds is 3. The highest BCUT2D eigenvalue weighted by Crippen LogP contribution is 2.32. The smallest absolute Gasteiger partial charge is 0.368 e. The zero-order valence-corrected chi connectivity index (χ0v) is 8.57. The summed E-state index contributed by atoms with van der Waals surface area (Å²) in [6.07, 6.45) is -3.95. The molecule has 2 rings (SSSR count). The molecule has 0 unspecified atom stereocenters. The van der Waals surface area contributed by atoms with Gasteiger partial charge in [0.15, 0.2) is 0 Å². The Balaban J connectivity index is 1.92. The van der Waals surface area contributed by atoms with Crippen molar-refractivity contribution < 1.29 is 17.9 Å². The second kappa shape index (κ2) is 4.06. The summed E-state index contributed by atoms with van der Waals surface area (Å²) in [6, 6.07) is 7.04. The van der Waals surface area contributed by atoms with Gasteiger partial charge >= 0.3 is 6.18 Å². The van der Waals surface area contributed by atoms with Gasteiger partial charge in [-0.1, -0.05) is 12.1 Å². The van der Waals surface area contributed by atoms with Gasteiger partial charge in [0, 0.05) is 4.90 Å². The van der Waals surface area contributed by atoms with Gasteiger partial charge in [0.05, 0.1) is 12.4 Å². The van der Waals surface area contributed by atoms with Crippen LogP contribution in [0.5, 0.6) is 0 Å². The minimum Gasteiger partial charge on any atom is -0.368 e. The van der Waals surface area contributed by atoms with Crippen LogP contribution in [0.3, 0.4) is 0 Å². The second-order valence-corrected chi connectivity index (χ2v) is 4.34. The summed E-state index contributed by atoms with van der Waals surface area (Å²) in [5.41, 5.74) is 1.03. The molecule has 0 amide bonds. The number of thioether (sulfide) groups is 1. The van der Waals surface area contributed by atoms with Crippen LogP contribution in [0.2, 0.25) is 0 Å². The predicted molar refractivity (Wildman–Crippen MR) is 51.9 cm³/mol. The largest absolute Gasteiger partial charge is 0.398 e. The molecule has 1 aromatic rings. The molecule has 1 aliphatic rings. The highest BCUT2D eigenvalue weighted by Gasteiger charge is 2.27. The third kappa shape index (κ3) is 3.43. The summed E-state index contributed by atoms with van der Waals surface area (Å²) < 4.78 is 40.8. The monoisotopic (exact) mass is 234 g/mol. The standard InChI is InChI=1S/C10H9F3OS/c11-10(12,13)6-15-8-3-1-7(2-4-8)9-5-14-9/h1-4,9H,5-6H2/t9-/m0/s1. The number of benzene rings is 1. The average molecular weight is 234 g/mol. The zero-order valence-electron chi connectivity index (χ0n) is 7.75. The number of halogens is 3. The maximum absolute atomic E-state index is 11.9. The highest BCUT2D eigenvalue weighted by molar-refractivity contribution is 7.99. The summed E-state index contributed by atoms with van der Waals surface area (Å²) in [5.74, 6) is -0.841. The topological polar surface area (TPSA) is 12.5 Å². The van der Waals surface area contributed by atoms with Crippen molar-refractivity contribution in [1.29, 1.82) is 0 Å². The van der Waals surface area contributed by atoms with E-state index < -0.39 is 11.9 Å². The molecule has 1 heterocycles. The lowest BCUT2D eigenvalue weighted by Crippen LogP contribution is -2.10. The minimum absolute atomic E-state index is 0.159. The number of alkyl halides is 3. The van der Waals surface area contributed by atoms with Crippen LogP contribution < -0.4 is 0 Å². The molecule has 0 bridgehead atoms. The molecule has 1 atom stereocenters. The second-order valence-electron chi connectivity index (χ2n) is 3.29. The summed E-state index contributed by atoms with van der Waals surface area (Å²) in [5, 5.41) is 0. The molecule has 1 nitrogen and oxygen atoms in total. The molecule has 15 heavy (non-hydrogen) atoms. The molecule has 82 valence electrons. The quantitative estimate of drug-likeness (QED) is 0.587. The fourth-order valence-electron chi connectivity index (χ4n) is 1.18. The van der Waals surface area contributed by atoms with Crippen LogP contribution in [0.25, 0.3) is 0 Å². The fourth-order valence-corrected chi connectivity index (χ4v) is 1.84. The Bertz CT molecular complexity index is 330. The van der Waals surface area contributed by atoms with Crippen LogP contribution in [0.4, 0.5) is 13.2 Å². The van der Waals surface area contributed by atoms with Crippen molar-refractivity contribution in [2.75, 3.05) is 12.4 Å². The summed E-state index contributed by atoms with van der Waals surface area (Å²) in [6.45, 7) is 0.717. The van der Waals surface area contributed by atoms with E-state index in [1.165, 1.54) is 0 Å². The first-order valence-electron chi connectivity index (χ1n) is 4.46. The van der Waals surface area contributed by atoms with Crippen LogP contribution in [-0.2, 0) is 4.74 Å². The lowest BCUT2D eigenvalue weighted by Gasteiger charge is -2.05. The van der Waals surface area contributed by atoms with Crippen molar-refractivity contribution in [2.24, 2.45) is 0 Å². The first-order chi connectivity index (χ1) is 7.04. The Hall–Kier alpha value is -0.680. The molecule has 1 fully saturated rings. The van der Waals surface area contributed by atoms with Crippen molar-refractivity contribution in [2.45, 2.75) is 17.2 Å². The van der Waals surface area contributed by atoms with Crippen LogP contribution >= 0.6 is 11.8 Å². The van der Waals surface area contributed by atoms with Gasteiger partial charge in [-0.05, 0) is 17.7 Å². The average Bonchev–Trinajstić information content (AvgIpc) is 2.98. The Morgan fingerprint density at radius 1 is 1.27 bits per heavy atom. The Morgan fingerprint density at radius 2 is 1.87 bits per heavy atom. The fraction of sp³-hybridized carbons (Fsp3) is 0.400. The van der Waals surface area contributed by atoms with Gasteiger partial charge in [-0.2, -0.15) is 13.2 Å². The summed E-state index contributed by atoms with van der Waals surface area (Å²) in [4.78, 5) is 0.636. The van der Waals surface area contributed by atoms with E-state index in [9.17, 15) is 13.2 Å². The molecule has 1 aromatic carbocycles. The first kappa shape index (κ1) is 10.8. The molecule has 1 saturated heterocycles. The van der Waals surface area contributed by atoms with Gasteiger partial charge in [-0.3, -0.25) is 0 Å². The van der Waals surface area contributed by atoms with E-state index in [4.69, 9.17) is 4.74 Å². The van der Waals surface area contributed by atoms with Crippen molar-refractivity contribution in [3.8, 4) is 0 Å². The molecule has 0 aromatic heterocycles. The van der Waals surface area contributed by atoms with E-state index in [1.54, 1.807) is 12.1 Å². The SMILES string of the molecule is FC(F)(F)CSc1ccc([C@@H]2CO2)cc1. The molecule has 5 heteroatoms. The van der Waals surface area contributed by atoms with E-state index in [2.05, 4.69) is 0 Å². The number of hydrogen-bond donors (Lipinski definition) is 0. The molecule has 0 spiro atoms. The lowest BCUT2D eigenvalue weighted by atomic mass is 10.2. The van der Waals surface area contributed by atoms with Gasteiger partial charge in [0.2, 0.25) is 0 Å². The minimum atomic E-state index is -4.11. The number of ether oxygens (including phenoxy) is 1. The van der Waals surface area contributed by atoms with Gasteiger partial charge < -0.3 is 4.74 Å². The Kier molecular flexibility index (Phi) is 2.93. The van der Waals surface area contributed by atoms with E-state index in [0.717, 1.165) is 23.9 Å². The van der Waals surface area contributed by atoms with E-state index >= 15 is 0 Å². The van der Waals surface area contributed by atoms with Crippen molar-refractivity contribution in [1.82, 2.24) is 0 Å². The zero-order chi connectivity index (χ0) is 10.9. The lowest BCUT2D eigenvalue weighted by molar-refractivity contribution is -0.105. The van der Waals surface area contributed by atoms with E-state index in [-0.39, 0.29) is 6.10 Å². The number of epoxide rings is 1.